The van der Waals surface area contributed by atoms with Gasteiger partial charge in [-0.1, -0.05) is 52.0 Å². The molecule has 2 unspecified atom stereocenters. The Labute approximate surface area is 306 Å². The zero-order valence-corrected chi connectivity index (χ0v) is 31.4. The monoisotopic (exact) mass is 729 g/mol. The number of thioether (sulfide) groups is 1. The maximum absolute atomic E-state index is 13.7. The van der Waals surface area contributed by atoms with Crippen LogP contribution < -0.4 is 16.0 Å². The van der Waals surface area contributed by atoms with Gasteiger partial charge >= 0.3 is 5.97 Å². The molecule has 2 heterocycles. The molecule has 262 valence electrons. The quantitative estimate of drug-likeness (QED) is 0.0762. The lowest BCUT2D eigenvalue weighted by atomic mass is 9.72. The van der Waals surface area contributed by atoms with Crippen molar-refractivity contribution < 1.29 is 23.9 Å². The maximum Gasteiger partial charge on any atom is 0.341 e. The predicted octanol–water partition coefficient (Wildman–Crippen LogP) is 9.06. The Bertz CT molecular complexity index is 1860. The number of rotatable bonds is 12. The van der Waals surface area contributed by atoms with Crippen molar-refractivity contribution in [2.45, 2.75) is 70.4 Å². The van der Waals surface area contributed by atoms with E-state index < -0.39 is 23.0 Å². The van der Waals surface area contributed by atoms with Gasteiger partial charge in [0.05, 0.1) is 17.4 Å². The number of hydrogen-bond acceptors (Lipinski definition) is 8. The van der Waals surface area contributed by atoms with E-state index in [1.165, 1.54) is 34.4 Å². The van der Waals surface area contributed by atoms with E-state index in [-0.39, 0.29) is 23.6 Å². The SMILES string of the molecule is CCOC(=O)c1c(NC(=O)C(CC)Sc2cccc(NC(=O)/C(=C/c3ccsc3)NC(=O)c3ccccc3)c2)sc2c1CCC(C(C)(C)C)C2. The minimum Gasteiger partial charge on any atom is -0.462 e. The summed E-state index contributed by atoms with van der Waals surface area (Å²) < 4.78 is 5.44. The van der Waals surface area contributed by atoms with E-state index in [0.717, 1.165) is 40.2 Å². The van der Waals surface area contributed by atoms with E-state index in [0.29, 0.717) is 34.2 Å². The summed E-state index contributed by atoms with van der Waals surface area (Å²) in [5.74, 6) is -0.982. The van der Waals surface area contributed by atoms with Crippen LogP contribution in [0, 0.1) is 11.3 Å². The van der Waals surface area contributed by atoms with Crippen molar-refractivity contribution in [1.29, 1.82) is 0 Å². The molecule has 2 aromatic heterocycles. The highest BCUT2D eigenvalue weighted by molar-refractivity contribution is 8.00. The smallest absolute Gasteiger partial charge is 0.341 e. The highest BCUT2D eigenvalue weighted by Crippen LogP contribution is 2.45. The first-order chi connectivity index (χ1) is 24.0. The Morgan fingerprint density at radius 2 is 1.80 bits per heavy atom. The van der Waals surface area contributed by atoms with E-state index in [4.69, 9.17) is 4.74 Å². The molecule has 3 N–H and O–H groups in total. The molecule has 0 bridgehead atoms. The summed E-state index contributed by atoms with van der Waals surface area (Å²) >= 11 is 4.36. The molecular formula is C39H43N3O5S3. The molecule has 3 amide bonds. The van der Waals surface area contributed by atoms with Gasteiger partial charge in [0.2, 0.25) is 5.91 Å². The fourth-order valence-electron chi connectivity index (χ4n) is 5.82. The minimum absolute atomic E-state index is 0.103. The van der Waals surface area contributed by atoms with Gasteiger partial charge in [-0.3, -0.25) is 14.4 Å². The number of fused-ring (bicyclic) bond motifs is 1. The second-order valence-electron chi connectivity index (χ2n) is 13.2. The number of thiophene rings is 2. The molecule has 0 radical (unpaired) electrons. The predicted molar refractivity (Wildman–Crippen MR) is 205 cm³/mol. The molecule has 5 rings (SSSR count). The van der Waals surface area contributed by atoms with E-state index >= 15 is 0 Å². The van der Waals surface area contributed by atoms with Crippen LogP contribution >= 0.6 is 34.4 Å². The van der Waals surface area contributed by atoms with Gasteiger partial charge in [0.25, 0.3) is 11.8 Å². The molecular weight excluding hydrogens is 687 g/mol. The van der Waals surface area contributed by atoms with Gasteiger partial charge < -0.3 is 20.7 Å². The van der Waals surface area contributed by atoms with Crippen LogP contribution in [-0.4, -0.2) is 35.5 Å². The zero-order chi connectivity index (χ0) is 35.8. The number of anilines is 2. The molecule has 0 aliphatic heterocycles. The topological polar surface area (TPSA) is 114 Å². The molecule has 8 nitrogen and oxygen atoms in total. The molecule has 2 aromatic carbocycles. The van der Waals surface area contributed by atoms with Crippen molar-refractivity contribution in [3.05, 3.63) is 104 Å². The first-order valence-electron chi connectivity index (χ1n) is 16.8. The number of carbonyl (C=O) groups excluding carboxylic acids is 4. The van der Waals surface area contributed by atoms with E-state index in [1.54, 1.807) is 49.4 Å². The first kappa shape index (κ1) is 37.1. The van der Waals surface area contributed by atoms with Crippen LogP contribution in [-0.2, 0) is 27.2 Å². The third kappa shape index (κ3) is 9.32. The van der Waals surface area contributed by atoms with Crippen LogP contribution in [0.5, 0.6) is 0 Å². The van der Waals surface area contributed by atoms with Crippen LogP contribution in [0.2, 0.25) is 0 Å². The lowest BCUT2D eigenvalue weighted by Crippen LogP contribution is -2.30. The summed E-state index contributed by atoms with van der Waals surface area (Å²) in [5.41, 5.74) is 3.48. The van der Waals surface area contributed by atoms with Crippen molar-refractivity contribution in [3.8, 4) is 0 Å². The number of ether oxygens (including phenoxy) is 1. The minimum atomic E-state index is -0.478. The normalized spacial score (nSPS) is 15.1. The average molecular weight is 730 g/mol. The van der Waals surface area contributed by atoms with Crippen LogP contribution in [0.25, 0.3) is 6.08 Å². The Morgan fingerprint density at radius 3 is 2.48 bits per heavy atom. The molecule has 1 aliphatic rings. The van der Waals surface area contributed by atoms with Gasteiger partial charge in [-0.25, -0.2) is 4.79 Å². The van der Waals surface area contributed by atoms with Crippen molar-refractivity contribution in [3.63, 3.8) is 0 Å². The fraction of sp³-hybridized carbons (Fsp3) is 0.333. The number of nitrogens with one attached hydrogen (secondary N) is 3. The van der Waals surface area contributed by atoms with Crippen molar-refractivity contribution in [2.24, 2.45) is 11.3 Å². The Balaban J connectivity index is 1.31. The summed E-state index contributed by atoms with van der Waals surface area (Å²) in [4.78, 5) is 55.3. The number of esters is 1. The third-order valence-electron chi connectivity index (χ3n) is 8.62. The molecule has 0 spiro atoms. The lowest BCUT2D eigenvalue weighted by Gasteiger charge is -2.33. The highest BCUT2D eigenvalue weighted by atomic mass is 32.2. The molecule has 0 saturated carbocycles. The molecule has 2 atom stereocenters. The summed E-state index contributed by atoms with van der Waals surface area (Å²) in [6.07, 6.45) is 4.81. The average Bonchev–Trinajstić information content (AvgIpc) is 3.74. The third-order valence-corrected chi connectivity index (χ3v) is 11.9. The Kier molecular flexibility index (Phi) is 12.4. The van der Waals surface area contributed by atoms with Crippen molar-refractivity contribution >= 4 is 74.9 Å². The van der Waals surface area contributed by atoms with Crippen LogP contribution in [0.3, 0.4) is 0 Å². The van der Waals surface area contributed by atoms with Crippen molar-refractivity contribution in [2.75, 3.05) is 17.2 Å². The molecule has 1 aliphatic carbocycles. The standard InChI is InChI=1S/C39H43N3O5S3/c1-6-31(36(45)42-37-33(38(46)47-7-2)29-17-16-26(39(3,4)5)21-32(29)50-37)49-28-15-11-14-27(22-28)40-35(44)30(20-24-18-19-48-23-24)41-34(43)25-12-9-8-10-13-25/h8-15,18-20,22-23,26,31H,6-7,16-17,21H2,1-5H3,(H,40,44)(H,41,43)(H,42,45)/b30-20-. The summed E-state index contributed by atoms with van der Waals surface area (Å²) in [6, 6.07) is 17.8. The Hall–Kier alpha value is -4.19. The van der Waals surface area contributed by atoms with Crippen LogP contribution in [0.15, 0.2) is 82.0 Å². The first-order valence-corrected chi connectivity index (χ1v) is 19.4. The van der Waals surface area contributed by atoms with Gasteiger partial charge in [-0.2, -0.15) is 11.3 Å². The summed E-state index contributed by atoms with van der Waals surface area (Å²) in [6.45, 7) is 10.7. The van der Waals surface area contributed by atoms with Crippen molar-refractivity contribution in [1.82, 2.24) is 5.32 Å². The highest BCUT2D eigenvalue weighted by Gasteiger charge is 2.35. The molecule has 11 heteroatoms. The van der Waals surface area contributed by atoms with E-state index in [2.05, 4.69) is 36.7 Å². The largest absolute Gasteiger partial charge is 0.462 e. The molecule has 4 aromatic rings. The molecule has 0 fully saturated rings. The van der Waals surface area contributed by atoms with Gasteiger partial charge in [-0.05, 0) is 108 Å². The molecule has 50 heavy (non-hydrogen) atoms. The molecule has 0 saturated heterocycles. The second-order valence-corrected chi connectivity index (χ2v) is 16.3. The Morgan fingerprint density at radius 1 is 1.02 bits per heavy atom. The number of amides is 3. The van der Waals surface area contributed by atoms with Gasteiger partial charge in [0.15, 0.2) is 0 Å². The van der Waals surface area contributed by atoms with Crippen LogP contribution in [0.1, 0.15) is 84.2 Å². The van der Waals surface area contributed by atoms with Crippen LogP contribution in [0.4, 0.5) is 10.7 Å². The number of carbonyl (C=O) groups is 4. The number of benzene rings is 2. The van der Waals surface area contributed by atoms with E-state index in [9.17, 15) is 19.2 Å². The second kappa shape index (κ2) is 16.7. The fourth-order valence-corrected chi connectivity index (χ4v) is 8.77. The van der Waals surface area contributed by atoms with E-state index in [1.807, 2.05) is 41.9 Å². The number of hydrogen-bond donors (Lipinski definition) is 3. The van der Waals surface area contributed by atoms with Gasteiger partial charge in [-0.15, -0.1) is 23.1 Å². The summed E-state index contributed by atoms with van der Waals surface area (Å²) in [5, 5.41) is 12.6. The lowest BCUT2D eigenvalue weighted by molar-refractivity contribution is -0.116. The zero-order valence-electron chi connectivity index (χ0n) is 29.0. The summed E-state index contributed by atoms with van der Waals surface area (Å²) in [7, 11) is 0. The van der Waals surface area contributed by atoms with Gasteiger partial charge in [0, 0.05) is 21.0 Å². The maximum atomic E-state index is 13.7. The van der Waals surface area contributed by atoms with Gasteiger partial charge in [0.1, 0.15) is 10.7 Å².